The van der Waals surface area contributed by atoms with Crippen LogP contribution in [0.15, 0.2) is 66.7 Å². The molecule has 0 aliphatic carbocycles. The van der Waals surface area contributed by atoms with Gasteiger partial charge in [-0.05, 0) is 36.4 Å². The molecule has 14 nitrogen and oxygen atoms in total. The van der Waals surface area contributed by atoms with Crippen molar-refractivity contribution in [1.82, 2.24) is 9.97 Å². The first-order valence-corrected chi connectivity index (χ1v) is 10.8. The molecule has 0 fully saturated rings. The van der Waals surface area contributed by atoms with Crippen LogP contribution in [0.1, 0.15) is 0 Å². The number of carbonyl (C=O) groups is 2. The van der Waals surface area contributed by atoms with E-state index in [-0.39, 0.29) is 22.7 Å². The van der Waals surface area contributed by atoms with E-state index in [1.165, 1.54) is 30.3 Å². The van der Waals surface area contributed by atoms with Crippen LogP contribution >= 0.6 is 0 Å². The topological polar surface area (TPSA) is 308 Å². The fraction of sp³-hybridized carbons (Fsp3) is 0. The van der Waals surface area contributed by atoms with Crippen molar-refractivity contribution in [3.8, 4) is 17.2 Å². The van der Waals surface area contributed by atoms with Gasteiger partial charge >= 0.3 is 0 Å². The molecule has 0 aliphatic rings. The van der Waals surface area contributed by atoms with E-state index in [1.807, 2.05) is 37.8 Å². The van der Waals surface area contributed by atoms with Crippen molar-refractivity contribution in [2.24, 2.45) is 0 Å². The standard InChI is InChI=1S/C12H10N4O.2C6H8N2O.2CH2O.H2O/c13-6-5-9(17)11-12(10(6)14)16-8-4-2-1-3-7(8)15-11;2*7-5-2-1-4(9)3-6(5)8;2*1-2;/h1-5,17H,13-14H2;2*1-3,9H,7-8H2;2*1H2;1H2. The summed E-state index contributed by atoms with van der Waals surface area (Å²) in [6.07, 6.45) is 0. The monoisotopic (exact) mass is 552 g/mol. The van der Waals surface area contributed by atoms with Crippen molar-refractivity contribution in [2.75, 3.05) is 34.4 Å². The van der Waals surface area contributed by atoms with E-state index in [9.17, 15) is 5.11 Å². The lowest BCUT2D eigenvalue weighted by atomic mass is 10.2. The zero-order chi connectivity index (χ0) is 29.7. The molecule has 4 aromatic carbocycles. The van der Waals surface area contributed by atoms with E-state index >= 15 is 0 Å². The van der Waals surface area contributed by atoms with E-state index in [4.69, 9.17) is 54.2 Å². The molecule has 0 amide bonds. The molecule has 14 heteroatoms. The molecule has 0 aliphatic heterocycles. The highest BCUT2D eigenvalue weighted by Crippen LogP contribution is 2.32. The predicted molar refractivity (Wildman–Crippen MR) is 159 cm³/mol. The van der Waals surface area contributed by atoms with Gasteiger partial charge < -0.3 is 64.8 Å². The minimum atomic E-state index is -0.00930. The molecule has 1 aromatic heterocycles. The first kappa shape index (κ1) is 34.0. The van der Waals surface area contributed by atoms with Crippen molar-refractivity contribution in [3.05, 3.63) is 66.7 Å². The molecule has 212 valence electrons. The average molecular weight is 553 g/mol. The lowest BCUT2D eigenvalue weighted by Crippen LogP contribution is -1.98. The lowest BCUT2D eigenvalue weighted by Gasteiger charge is -2.07. The molecule has 40 heavy (non-hydrogen) atoms. The number of carbonyl (C=O) groups excluding carboxylic acids is 2. The number of hydrogen-bond acceptors (Lipinski definition) is 13. The first-order chi connectivity index (χ1) is 18.6. The molecule has 17 N–H and O–H groups in total. The average Bonchev–Trinajstić information content (AvgIpc) is 2.94. The van der Waals surface area contributed by atoms with Gasteiger partial charge in [0.15, 0.2) is 0 Å². The molecule has 5 aromatic rings. The predicted octanol–water partition coefficient (Wildman–Crippen LogP) is 1.57. The smallest absolute Gasteiger partial charge is 0.145 e. The van der Waals surface area contributed by atoms with Crippen molar-refractivity contribution in [2.45, 2.75) is 0 Å². The molecule has 0 bridgehead atoms. The Morgan fingerprint density at radius 1 is 0.525 bits per heavy atom. The highest BCUT2D eigenvalue weighted by molar-refractivity contribution is 6.00. The van der Waals surface area contributed by atoms with Crippen LogP contribution in [0.5, 0.6) is 17.2 Å². The Bertz CT molecular complexity index is 1500. The van der Waals surface area contributed by atoms with E-state index in [2.05, 4.69) is 9.97 Å². The third-order valence-corrected chi connectivity index (χ3v) is 4.81. The van der Waals surface area contributed by atoms with Crippen LogP contribution in [0.3, 0.4) is 0 Å². The van der Waals surface area contributed by atoms with Gasteiger partial charge in [0.25, 0.3) is 0 Å². The quantitative estimate of drug-likeness (QED) is 0.0749. The SMILES string of the molecule is C=O.C=O.Nc1cc(O)c2nc3ccccc3nc2c1N.Nc1ccc(O)cc1N.Nc1ccc(O)cc1N.O. The van der Waals surface area contributed by atoms with Gasteiger partial charge in [-0.3, -0.25) is 0 Å². The van der Waals surface area contributed by atoms with Gasteiger partial charge in [0.2, 0.25) is 0 Å². The molecular weight excluding hydrogens is 520 g/mol. The maximum Gasteiger partial charge on any atom is 0.145 e. The summed E-state index contributed by atoms with van der Waals surface area (Å²) >= 11 is 0. The Hall–Kier alpha value is -6.02. The largest absolute Gasteiger partial charge is 0.508 e. The minimum absolute atomic E-state index is 0. The second kappa shape index (κ2) is 16.0. The molecular formula is C26H32N8O6. The zero-order valence-corrected chi connectivity index (χ0v) is 21.3. The van der Waals surface area contributed by atoms with Crippen molar-refractivity contribution in [3.63, 3.8) is 0 Å². The number of hydrogen-bond donors (Lipinski definition) is 9. The number of benzene rings is 4. The highest BCUT2D eigenvalue weighted by Gasteiger charge is 2.11. The molecule has 0 atom stereocenters. The van der Waals surface area contributed by atoms with Crippen LogP contribution in [-0.4, -0.2) is 44.3 Å². The third kappa shape index (κ3) is 8.82. The van der Waals surface area contributed by atoms with E-state index in [0.29, 0.717) is 50.7 Å². The Morgan fingerprint density at radius 3 is 1.30 bits per heavy atom. The highest BCUT2D eigenvalue weighted by atomic mass is 16.3. The number of aromatic hydroxyl groups is 3. The van der Waals surface area contributed by atoms with Gasteiger partial charge in [-0.15, -0.1) is 0 Å². The summed E-state index contributed by atoms with van der Waals surface area (Å²) in [4.78, 5) is 24.7. The molecule has 5 rings (SSSR count). The Balaban J connectivity index is 0.000000569. The summed E-state index contributed by atoms with van der Waals surface area (Å²) in [5.41, 5.74) is 37.6. The summed E-state index contributed by atoms with van der Waals surface area (Å²) in [6, 6.07) is 17.7. The Morgan fingerprint density at radius 2 is 0.925 bits per heavy atom. The van der Waals surface area contributed by atoms with Crippen LogP contribution in [0.25, 0.3) is 22.1 Å². The number of fused-ring (bicyclic) bond motifs is 2. The van der Waals surface area contributed by atoms with Crippen LogP contribution in [0, 0.1) is 0 Å². The molecule has 0 radical (unpaired) electrons. The molecule has 0 saturated heterocycles. The number of anilines is 6. The van der Waals surface area contributed by atoms with Crippen LogP contribution < -0.4 is 34.4 Å². The normalized spacial score (nSPS) is 9.10. The molecule has 0 unspecified atom stereocenters. The number of phenols is 3. The van der Waals surface area contributed by atoms with E-state index < -0.39 is 0 Å². The number of nitrogen functional groups attached to an aromatic ring is 6. The molecule has 0 saturated carbocycles. The van der Waals surface area contributed by atoms with Gasteiger partial charge in [0.05, 0.1) is 45.2 Å². The van der Waals surface area contributed by atoms with Gasteiger partial charge in [0.1, 0.15) is 41.9 Å². The number of nitrogens with zero attached hydrogens (tertiary/aromatic N) is 2. The van der Waals surface area contributed by atoms with Crippen LogP contribution in [-0.2, 0) is 9.59 Å². The first-order valence-electron chi connectivity index (χ1n) is 10.8. The summed E-state index contributed by atoms with van der Waals surface area (Å²) in [5.74, 6) is 0.272. The van der Waals surface area contributed by atoms with Crippen LogP contribution in [0.2, 0.25) is 0 Å². The summed E-state index contributed by atoms with van der Waals surface area (Å²) in [7, 11) is 0. The molecule has 0 spiro atoms. The van der Waals surface area contributed by atoms with Crippen molar-refractivity contribution < 1.29 is 30.4 Å². The maximum absolute atomic E-state index is 9.80. The number of rotatable bonds is 0. The fourth-order valence-corrected chi connectivity index (χ4v) is 2.92. The summed E-state index contributed by atoms with van der Waals surface area (Å²) in [6.45, 7) is 4.00. The molecule has 1 heterocycles. The fourth-order valence-electron chi connectivity index (χ4n) is 2.92. The zero-order valence-electron chi connectivity index (χ0n) is 21.3. The maximum atomic E-state index is 9.80. The van der Waals surface area contributed by atoms with Gasteiger partial charge in [-0.25, -0.2) is 9.97 Å². The second-order valence-electron chi connectivity index (χ2n) is 7.43. The number of phenolic OH excluding ortho intramolecular Hbond substituents is 3. The number of nitrogens with two attached hydrogens (primary N) is 6. The van der Waals surface area contributed by atoms with Gasteiger partial charge in [-0.1, -0.05) is 12.1 Å². The van der Waals surface area contributed by atoms with Crippen LogP contribution in [0.4, 0.5) is 34.1 Å². The van der Waals surface area contributed by atoms with Gasteiger partial charge in [-0.2, -0.15) is 0 Å². The minimum Gasteiger partial charge on any atom is -0.508 e. The van der Waals surface area contributed by atoms with Gasteiger partial charge in [0, 0.05) is 18.2 Å². The number of aromatic nitrogens is 2. The Kier molecular flexibility index (Phi) is 13.6. The second-order valence-corrected chi connectivity index (χ2v) is 7.43. The van der Waals surface area contributed by atoms with E-state index in [1.54, 1.807) is 12.1 Å². The lowest BCUT2D eigenvalue weighted by molar-refractivity contribution is -0.0987. The third-order valence-electron chi connectivity index (χ3n) is 4.81. The Labute approximate surface area is 228 Å². The number of para-hydroxylation sites is 2. The summed E-state index contributed by atoms with van der Waals surface area (Å²) < 4.78 is 0. The van der Waals surface area contributed by atoms with Crippen molar-refractivity contribution in [1.29, 1.82) is 0 Å². The van der Waals surface area contributed by atoms with E-state index in [0.717, 1.165) is 5.52 Å². The van der Waals surface area contributed by atoms with Crippen molar-refractivity contribution >= 4 is 69.8 Å². The summed E-state index contributed by atoms with van der Waals surface area (Å²) in [5, 5.41) is 27.4.